The smallest absolute Gasteiger partial charge is 0.190 e. The number of rotatable bonds is 2. The average molecular weight is 399 g/mol. The largest absolute Gasteiger partial charge is 0.316 e. The summed E-state index contributed by atoms with van der Waals surface area (Å²) in [6.07, 6.45) is 9.16. The van der Waals surface area contributed by atoms with Gasteiger partial charge in [0.1, 0.15) is 6.33 Å². The standard InChI is InChI=1S/C22H15ClN6/c1-13-6-20-16(8-19(13)24-3)18(17-10-25-9-14(2)22(17)23)11-29(20)15-4-5-28-12-26-27-21(28)7-15/h4-12H,1-2H3. The van der Waals surface area contributed by atoms with Crippen molar-refractivity contribution in [2.45, 2.75) is 13.8 Å². The molecule has 6 nitrogen and oxygen atoms in total. The Labute approximate surface area is 171 Å². The predicted molar refractivity (Wildman–Crippen MR) is 114 cm³/mol. The third-order valence-electron chi connectivity index (χ3n) is 5.15. The van der Waals surface area contributed by atoms with E-state index >= 15 is 0 Å². The molecule has 1 aromatic carbocycles. The monoisotopic (exact) mass is 398 g/mol. The third-order valence-corrected chi connectivity index (χ3v) is 5.65. The molecule has 0 unspecified atom stereocenters. The zero-order chi connectivity index (χ0) is 20.1. The summed E-state index contributed by atoms with van der Waals surface area (Å²) < 4.78 is 3.96. The second kappa shape index (κ2) is 6.43. The van der Waals surface area contributed by atoms with Gasteiger partial charge in [0.05, 0.1) is 22.8 Å². The molecule has 0 saturated heterocycles. The molecule has 0 atom stereocenters. The van der Waals surface area contributed by atoms with Crippen LogP contribution in [0.15, 0.2) is 55.4 Å². The van der Waals surface area contributed by atoms with Crippen LogP contribution in [-0.4, -0.2) is 24.1 Å². The van der Waals surface area contributed by atoms with E-state index in [1.54, 1.807) is 18.7 Å². The van der Waals surface area contributed by atoms with Gasteiger partial charge in [-0.1, -0.05) is 11.6 Å². The van der Waals surface area contributed by atoms with Crippen molar-refractivity contribution < 1.29 is 0 Å². The molecule has 29 heavy (non-hydrogen) atoms. The first-order chi connectivity index (χ1) is 14.1. The quantitative estimate of drug-likeness (QED) is 0.366. The maximum Gasteiger partial charge on any atom is 0.190 e. The summed E-state index contributed by atoms with van der Waals surface area (Å²) in [6.45, 7) is 11.4. The molecule has 4 aromatic heterocycles. The second-order valence-corrected chi connectivity index (χ2v) is 7.36. The molecule has 0 spiro atoms. The molecule has 5 rings (SSSR count). The zero-order valence-electron chi connectivity index (χ0n) is 15.8. The van der Waals surface area contributed by atoms with Crippen LogP contribution in [0.25, 0.3) is 38.2 Å². The number of halogens is 1. The van der Waals surface area contributed by atoms with Crippen LogP contribution in [0.1, 0.15) is 11.1 Å². The summed E-state index contributed by atoms with van der Waals surface area (Å²) in [4.78, 5) is 8.01. The first-order valence-electron chi connectivity index (χ1n) is 9.00. The average Bonchev–Trinajstić information content (AvgIpc) is 3.33. The van der Waals surface area contributed by atoms with Crippen molar-refractivity contribution in [1.29, 1.82) is 0 Å². The molecule has 5 aromatic rings. The minimum atomic E-state index is 0.626. The summed E-state index contributed by atoms with van der Waals surface area (Å²) in [5.41, 5.74) is 6.95. The predicted octanol–water partition coefficient (Wildman–Crippen LogP) is 5.56. The lowest BCUT2D eigenvalue weighted by atomic mass is 10.0. The Bertz CT molecular complexity index is 1450. The van der Waals surface area contributed by atoms with Crippen LogP contribution >= 0.6 is 11.6 Å². The number of benzene rings is 1. The van der Waals surface area contributed by atoms with Gasteiger partial charge in [0, 0.05) is 42.0 Å². The molecular formula is C22H15ClN6. The number of fused-ring (bicyclic) bond motifs is 2. The van der Waals surface area contributed by atoms with Gasteiger partial charge in [0.2, 0.25) is 0 Å². The van der Waals surface area contributed by atoms with Crippen LogP contribution in [0.5, 0.6) is 0 Å². The van der Waals surface area contributed by atoms with Crippen molar-refractivity contribution in [3.05, 3.63) is 82.9 Å². The van der Waals surface area contributed by atoms with Crippen LogP contribution < -0.4 is 0 Å². The summed E-state index contributed by atoms with van der Waals surface area (Å²) in [5, 5.41) is 9.72. The highest BCUT2D eigenvalue weighted by Crippen LogP contribution is 2.39. The van der Waals surface area contributed by atoms with Gasteiger partial charge < -0.3 is 4.57 Å². The molecule has 7 heteroatoms. The normalized spacial score (nSPS) is 11.2. The molecule has 0 radical (unpaired) electrons. The van der Waals surface area contributed by atoms with E-state index in [1.165, 1.54) is 0 Å². The van der Waals surface area contributed by atoms with Crippen molar-refractivity contribution in [2.75, 3.05) is 0 Å². The van der Waals surface area contributed by atoms with Gasteiger partial charge in [-0.15, -0.1) is 10.2 Å². The Balaban J connectivity index is 1.86. The van der Waals surface area contributed by atoms with Gasteiger partial charge in [0.25, 0.3) is 0 Å². The Morgan fingerprint density at radius 3 is 2.76 bits per heavy atom. The molecular weight excluding hydrogens is 384 g/mol. The fourth-order valence-corrected chi connectivity index (χ4v) is 3.81. The van der Waals surface area contributed by atoms with Crippen LogP contribution in [0, 0.1) is 20.4 Å². The first-order valence-corrected chi connectivity index (χ1v) is 9.38. The van der Waals surface area contributed by atoms with E-state index in [2.05, 4.69) is 24.6 Å². The molecule has 0 amide bonds. The minimum Gasteiger partial charge on any atom is -0.316 e. The maximum atomic E-state index is 7.52. The molecule has 4 heterocycles. The van der Waals surface area contributed by atoms with E-state index in [9.17, 15) is 0 Å². The number of pyridine rings is 2. The van der Waals surface area contributed by atoms with Crippen LogP contribution in [0.4, 0.5) is 5.69 Å². The molecule has 0 aliphatic carbocycles. The summed E-state index contributed by atoms with van der Waals surface area (Å²) >= 11 is 6.62. The van der Waals surface area contributed by atoms with E-state index in [-0.39, 0.29) is 0 Å². The van der Waals surface area contributed by atoms with E-state index in [4.69, 9.17) is 18.2 Å². The van der Waals surface area contributed by atoms with E-state index in [0.717, 1.165) is 44.5 Å². The van der Waals surface area contributed by atoms with Gasteiger partial charge in [-0.3, -0.25) is 9.38 Å². The number of hydrogen-bond donors (Lipinski definition) is 0. The van der Waals surface area contributed by atoms with Gasteiger partial charge >= 0.3 is 0 Å². The highest BCUT2D eigenvalue weighted by Gasteiger charge is 2.17. The van der Waals surface area contributed by atoms with Crippen LogP contribution in [-0.2, 0) is 0 Å². The first kappa shape index (κ1) is 17.4. The van der Waals surface area contributed by atoms with Crippen molar-refractivity contribution in [2.24, 2.45) is 0 Å². The summed E-state index contributed by atoms with van der Waals surface area (Å²) in [5.74, 6) is 0. The lowest BCUT2D eigenvalue weighted by molar-refractivity contribution is 1.09. The Morgan fingerprint density at radius 2 is 1.93 bits per heavy atom. The summed E-state index contributed by atoms with van der Waals surface area (Å²) in [6, 6.07) is 7.95. The van der Waals surface area contributed by atoms with Gasteiger partial charge in [0.15, 0.2) is 11.3 Å². The fraction of sp³-hybridized carbons (Fsp3) is 0.0909. The number of hydrogen-bond acceptors (Lipinski definition) is 3. The second-order valence-electron chi connectivity index (χ2n) is 6.98. The molecule has 0 aliphatic heterocycles. The van der Waals surface area contributed by atoms with Gasteiger partial charge in [-0.05, 0) is 48.6 Å². The van der Waals surface area contributed by atoms with E-state index < -0.39 is 0 Å². The van der Waals surface area contributed by atoms with Crippen molar-refractivity contribution >= 4 is 33.8 Å². The Kier molecular flexibility index (Phi) is 3.86. The molecule has 0 aliphatic rings. The number of aryl methyl sites for hydroxylation is 2. The van der Waals surface area contributed by atoms with Gasteiger partial charge in [-0.25, -0.2) is 4.85 Å². The SMILES string of the molecule is [C-]#[N+]c1cc2c(-c3cncc(C)c3Cl)cn(-c3ccn4cnnc4c3)c2cc1C. The topological polar surface area (TPSA) is 52.4 Å². The van der Waals surface area contributed by atoms with Crippen molar-refractivity contribution in [3.63, 3.8) is 0 Å². The molecule has 140 valence electrons. The van der Waals surface area contributed by atoms with Gasteiger partial charge in [-0.2, -0.15) is 0 Å². The van der Waals surface area contributed by atoms with Crippen LogP contribution in [0.2, 0.25) is 5.02 Å². The van der Waals surface area contributed by atoms with Crippen molar-refractivity contribution in [1.82, 2.24) is 24.1 Å². The van der Waals surface area contributed by atoms with E-state index in [1.807, 2.05) is 54.9 Å². The Hall–Kier alpha value is -3.69. The maximum absolute atomic E-state index is 7.52. The zero-order valence-corrected chi connectivity index (χ0v) is 16.5. The minimum absolute atomic E-state index is 0.626. The van der Waals surface area contributed by atoms with Crippen molar-refractivity contribution in [3.8, 4) is 16.8 Å². The lowest BCUT2D eigenvalue weighted by Gasteiger charge is -2.07. The molecule has 0 saturated carbocycles. The van der Waals surface area contributed by atoms with E-state index in [0.29, 0.717) is 10.7 Å². The van der Waals surface area contributed by atoms with Crippen LogP contribution in [0.3, 0.4) is 0 Å². The highest BCUT2D eigenvalue weighted by atomic mass is 35.5. The molecule has 0 fully saturated rings. The summed E-state index contributed by atoms with van der Waals surface area (Å²) in [7, 11) is 0. The lowest BCUT2D eigenvalue weighted by Crippen LogP contribution is -1.94. The molecule has 0 N–H and O–H groups in total. The third kappa shape index (κ3) is 2.67. The fourth-order valence-electron chi connectivity index (χ4n) is 3.61. The number of aromatic nitrogens is 5. The Morgan fingerprint density at radius 1 is 1.07 bits per heavy atom. The highest BCUT2D eigenvalue weighted by molar-refractivity contribution is 6.34. The molecule has 0 bridgehead atoms. The number of nitrogens with zero attached hydrogens (tertiary/aromatic N) is 6.